The lowest BCUT2D eigenvalue weighted by Gasteiger charge is -2.22. The van der Waals surface area contributed by atoms with Gasteiger partial charge in [0.2, 0.25) is 11.8 Å². The van der Waals surface area contributed by atoms with Crippen LogP contribution < -0.4 is 5.32 Å². The predicted molar refractivity (Wildman–Crippen MR) is 91.6 cm³/mol. The van der Waals surface area contributed by atoms with Gasteiger partial charge in [-0.2, -0.15) is 0 Å². The molecule has 126 valence electrons. The Morgan fingerprint density at radius 1 is 1.21 bits per heavy atom. The molecule has 2 aromatic rings. The predicted octanol–water partition coefficient (Wildman–Crippen LogP) is 3.06. The van der Waals surface area contributed by atoms with Gasteiger partial charge in [-0.1, -0.05) is 48.5 Å². The number of hydrogen-bond acceptors (Lipinski definition) is 5. The van der Waals surface area contributed by atoms with E-state index in [1.165, 1.54) is 31.0 Å². The molecule has 0 radical (unpaired) electrons. The van der Waals surface area contributed by atoms with Gasteiger partial charge in [0, 0.05) is 6.04 Å². The minimum Gasteiger partial charge on any atom is -0.416 e. The molecule has 24 heavy (non-hydrogen) atoms. The average Bonchev–Trinajstić information content (AvgIpc) is 3.31. The van der Waals surface area contributed by atoms with Gasteiger partial charge in [0.25, 0.3) is 5.22 Å². The van der Waals surface area contributed by atoms with Crippen molar-refractivity contribution in [3.05, 3.63) is 41.8 Å². The van der Waals surface area contributed by atoms with E-state index >= 15 is 0 Å². The summed E-state index contributed by atoms with van der Waals surface area (Å²) in [5.74, 6) is 2.52. The van der Waals surface area contributed by atoms with Crippen molar-refractivity contribution >= 4 is 17.7 Å². The summed E-state index contributed by atoms with van der Waals surface area (Å²) in [5.41, 5.74) is 1.13. The molecular weight excluding hydrogens is 322 g/mol. The first-order valence-electron chi connectivity index (χ1n) is 8.55. The lowest BCUT2D eigenvalue weighted by molar-refractivity contribution is -0.119. The summed E-state index contributed by atoms with van der Waals surface area (Å²) in [4.78, 5) is 12.1. The zero-order chi connectivity index (χ0) is 16.4. The van der Waals surface area contributed by atoms with Crippen LogP contribution in [0.4, 0.5) is 0 Å². The molecule has 5 nitrogen and oxygen atoms in total. The van der Waals surface area contributed by atoms with Gasteiger partial charge in [-0.05, 0) is 36.7 Å². The Hall–Kier alpha value is -1.82. The van der Waals surface area contributed by atoms with Gasteiger partial charge in [0.15, 0.2) is 0 Å². The van der Waals surface area contributed by atoms with Crippen molar-refractivity contribution in [2.45, 2.75) is 43.4 Å². The second kappa shape index (κ2) is 6.97. The number of carbonyl (C=O) groups is 1. The van der Waals surface area contributed by atoms with Gasteiger partial charge < -0.3 is 9.73 Å². The van der Waals surface area contributed by atoms with Crippen molar-refractivity contribution in [3.63, 3.8) is 0 Å². The topological polar surface area (TPSA) is 68.0 Å². The van der Waals surface area contributed by atoms with Crippen LogP contribution in [0.5, 0.6) is 0 Å². The van der Waals surface area contributed by atoms with Crippen LogP contribution in [0.2, 0.25) is 0 Å². The van der Waals surface area contributed by atoms with E-state index in [0.29, 0.717) is 35.2 Å². The molecule has 1 aromatic carbocycles. The highest BCUT2D eigenvalue weighted by Gasteiger charge is 2.40. The number of hydrogen-bond donors (Lipinski definition) is 1. The van der Waals surface area contributed by atoms with Crippen LogP contribution in [-0.4, -0.2) is 27.9 Å². The summed E-state index contributed by atoms with van der Waals surface area (Å²) in [6, 6.07) is 10.4. The van der Waals surface area contributed by atoms with Crippen molar-refractivity contribution in [1.29, 1.82) is 0 Å². The molecule has 1 aromatic heterocycles. The van der Waals surface area contributed by atoms with Crippen molar-refractivity contribution < 1.29 is 9.21 Å². The van der Waals surface area contributed by atoms with Crippen LogP contribution in [-0.2, 0) is 11.2 Å². The van der Waals surface area contributed by atoms with E-state index < -0.39 is 0 Å². The lowest BCUT2D eigenvalue weighted by Crippen LogP contribution is -2.39. The van der Waals surface area contributed by atoms with E-state index in [2.05, 4.69) is 15.5 Å². The molecule has 2 bridgehead atoms. The summed E-state index contributed by atoms with van der Waals surface area (Å²) >= 11 is 1.31. The van der Waals surface area contributed by atoms with E-state index in [9.17, 15) is 4.79 Å². The summed E-state index contributed by atoms with van der Waals surface area (Å²) in [5, 5.41) is 11.7. The molecule has 2 saturated carbocycles. The Morgan fingerprint density at radius 2 is 2.08 bits per heavy atom. The lowest BCUT2D eigenvalue weighted by atomic mass is 9.95. The Balaban J connectivity index is 1.25. The summed E-state index contributed by atoms with van der Waals surface area (Å²) in [7, 11) is 0. The Bertz CT molecular complexity index is 703. The molecule has 1 heterocycles. The van der Waals surface area contributed by atoms with Crippen molar-refractivity contribution in [2.75, 3.05) is 5.75 Å². The fourth-order valence-corrected chi connectivity index (χ4v) is 4.53. The van der Waals surface area contributed by atoms with E-state index in [4.69, 9.17) is 4.42 Å². The number of benzene rings is 1. The number of rotatable bonds is 6. The van der Waals surface area contributed by atoms with Crippen LogP contribution in [0.15, 0.2) is 40.0 Å². The average molecular weight is 343 g/mol. The van der Waals surface area contributed by atoms with Gasteiger partial charge in [-0.25, -0.2) is 0 Å². The van der Waals surface area contributed by atoms with Gasteiger partial charge in [-0.15, -0.1) is 10.2 Å². The molecule has 1 amide bonds. The number of amides is 1. The summed E-state index contributed by atoms with van der Waals surface area (Å²) in [6.45, 7) is 0. The summed E-state index contributed by atoms with van der Waals surface area (Å²) < 4.78 is 5.62. The molecule has 6 heteroatoms. The van der Waals surface area contributed by atoms with Crippen LogP contribution >= 0.6 is 11.8 Å². The third-order valence-corrected chi connectivity index (χ3v) is 5.88. The highest BCUT2D eigenvalue weighted by atomic mass is 32.2. The Kier molecular flexibility index (Phi) is 4.56. The maximum Gasteiger partial charge on any atom is 0.277 e. The van der Waals surface area contributed by atoms with E-state index in [1.807, 2.05) is 30.3 Å². The van der Waals surface area contributed by atoms with Gasteiger partial charge in [0.05, 0.1) is 12.2 Å². The third-order valence-electron chi connectivity index (χ3n) is 5.06. The Morgan fingerprint density at radius 3 is 2.83 bits per heavy atom. The monoisotopic (exact) mass is 343 g/mol. The zero-order valence-corrected chi connectivity index (χ0v) is 14.3. The second-order valence-corrected chi connectivity index (χ2v) is 7.69. The second-order valence-electron chi connectivity index (χ2n) is 6.76. The summed E-state index contributed by atoms with van der Waals surface area (Å²) in [6.07, 6.45) is 5.69. The molecule has 0 spiro atoms. The van der Waals surface area contributed by atoms with Crippen molar-refractivity contribution in [2.24, 2.45) is 11.8 Å². The first-order valence-corrected chi connectivity index (χ1v) is 9.53. The van der Waals surface area contributed by atoms with Gasteiger partial charge in [-0.3, -0.25) is 4.79 Å². The Labute approximate surface area is 145 Å². The first kappa shape index (κ1) is 15.7. The van der Waals surface area contributed by atoms with Crippen molar-refractivity contribution in [1.82, 2.24) is 15.5 Å². The van der Waals surface area contributed by atoms with E-state index in [-0.39, 0.29) is 5.91 Å². The largest absolute Gasteiger partial charge is 0.416 e. The number of aromatic nitrogens is 2. The number of carbonyl (C=O) groups excluding carboxylic acids is 1. The zero-order valence-electron chi connectivity index (χ0n) is 13.5. The quantitative estimate of drug-likeness (QED) is 0.817. The first-order chi connectivity index (χ1) is 11.8. The number of nitrogens with one attached hydrogen (secondary N) is 1. The highest BCUT2D eigenvalue weighted by Crippen LogP contribution is 2.44. The molecule has 3 atom stereocenters. The van der Waals surface area contributed by atoms with E-state index in [0.717, 1.165) is 17.9 Å². The standard InChI is InChI=1S/C18H21N3O2S/c22-16(19-15-9-13-6-7-14(15)8-13)11-24-18-21-20-17(23-18)10-12-4-2-1-3-5-12/h1-5,13-15H,6-11H2,(H,19,22)/t13-,14-,15+/m0/s1. The molecular formula is C18H21N3O2S. The molecule has 2 aliphatic rings. The maximum atomic E-state index is 12.1. The molecule has 4 rings (SSSR count). The highest BCUT2D eigenvalue weighted by molar-refractivity contribution is 7.99. The van der Waals surface area contributed by atoms with Crippen LogP contribution in [0.1, 0.15) is 37.1 Å². The fourth-order valence-electron chi connectivity index (χ4n) is 3.94. The smallest absolute Gasteiger partial charge is 0.277 e. The fraction of sp³-hybridized carbons (Fsp3) is 0.500. The molecule has 0 aliphatic heterocycles. The SMILES string of the molecule is O=C(CSc1nnc(Cc2ccccc2)o1)N[C@@H]1C[C@H]2CC[C@H]1C2. The minimum atomic E-state index is 0.0698. The van der Waals surface area contributed by atoms with Crippen LogP contribution in [0, 0.1) is 11.8 Å². The van der Waals surface area contributed by atoms with E-state index in [1.54, 1.807) is 0 Å². The van der Waals surface area contributed by atoms with Crippen LogP contribution in [0.3, 0.4) is 0 Å². The molecule has 2 fully saturated rings. The normalized spacial score (nSPS) is 25.1. The van der Waals surface area contributed by atoms with Crippen molar-refractivity contribution in [3.8, 4) is 0 Å². The van der Waals surface area contributed by atoms with Crippen LogP contribution in [0.25, 0.3) is 0 Å². The van der Waals surface area contributed by atoms with Gasteiger partial charge in [0.1, 0.15) is 0 Å². The maximum absolute atomic E-state index is 12.1. The number of fused-ring (bicyclic) bond motifs is 2. The molecule has 2 aliphatic carbocycles. The number of thioether (sulfide) groups is 1. The molecule has 1 N–H and O–H groups in total. The van der Waals surface area contributed by atoms with Gasteiger partial charge >= 0.3 is 0 Å². The third kappa shape index (κ3) is 3.64. The minimum absolute atomic E-state index is 0.0698. The molecule has 0 unspecified atom stereocenters. The number of nitrogens with zero attached hydrogens (tertiary/aromatic N) is 2. The molecule has 0 saturated heterocycles.